The molecular formula is C12H13BrF3NO. The summed E-state index contributed by atoms with van der Waals surface area (Å²) < 4.78 is 44.2. The lowest BCUT2D eigenvalue weighted by atomic mass is 10.1. The second kappa shape index (κ2) is 5.48. The Morgan fingerprint density at radius 1 is 1.33 bits per heavy atom. The van der Waals surface area contributed by atoms with Crippen molar-refractivity contribution in [1.82, 2.24) is 0 Å². The monoisotopic (exact) mass is 323 g/mol. The van der Waals surface area contributed by atoms with Crippen LogP contribution in [0.2, 0.25) is 0 Å². The fourth-order valence-electron chi connectivity index (χ4n) is 2.02. The summed E-state index contributed by atoms with van der Waals surface area (Å²) in [6.07, 6.45) is -4.39. The number of nitrogens with zero attached hydrogens (tertiary/aromatic N) is 1. The Hall–Kier alpha value is -0.750. The number of anilines is 1. The van der Waals surface area contributed by atoms with Gasteiger partial charge in [0.2, 0.25) is 0 Å². The van der Waals surface area contributed by atoms with Crippen molar-refractivity contribution in [1.29, 1.82) is 0 Å². The smallest absolute Gasteiger partial charge is 0.374 e. The summed E-state index contributed by atoms with van der Waals surface area (Å²) in [5.41, 5.74) is -0.348. The molecule has 0 aliphatic carbocycles. The van der Waals surface area contributed by atoms with E-state index in [4.69, 9.17) is 4.74 Å². The van der Waals surface area contributed by atoms with Crippen molar-refractivity contribution in [3.63, 3.8) is 0 Å². The molecule has 100 valence electrons. The number of ether oxygens (including phenoxy) is 1. The van der Waals surface area contributed by atoms with Gasteiger partial charge in [0.15, 0.2) is 0 Å². The number of rotatable bonds is 2. The van der Waals surface area contributed by atoms with Crippen LogP contribution in [0.5, 0.6) is 0 Å². The van der Waals surface area contributed by atoms with E-state index < -0.39 is 11.7 Å². The third-order valence-corrected chi connectivity index (χ3v) is 3.58. The fourth-order valence-corrected chi connectivity index (χ4v) is 2.41. The summed E-state index contributed by atoms with van der Waals surface area (Å²) in [5.74, 6) is 0. The van der Waals surface area contributed by atoms with Gasteiger partial charge in [-0.1, -0.05) is 28.1 Å². The second-order valence-electron chi connectivity index (χ2n) is 4.11. The zero-order valence-corrected chi connectivity index (χ0v) is 11.2. The lowest BCUT2D eigenvalue weighted by molar-refractivity contribution is -0.137. The van der Waals surface area contributed by atoms with E-state index in [2.05, 4.69) is 15.9 Å². The van der Waals surface area contributed by atoms with Crippen molar-refractivity contribution >= 4 is 21.6 Å². The van der Waals surface area contributed by atoms with Crippen LogP contribution in [0, 0.1) is 0 Å². The summed E-state index contributed by atoms with van der Waals surface area (Å²) in [6.45, 7) is 1.40. The molecule has 6 heteroatoms. The van der Waals surface area contributed by atoms with Crippen molar-refractivity contribution in [3.8, 4) is 0 Å². The molecule has 0 bridgehead atoms. The quantitative estimate of drug-likeness (QED) is 0.774. The maximum atomic E-state index is 12.9. The van der Waals surface area contributed by atoms with E-state index in [1.165, 1.54) is 12.1 Å². The number of alkyl halides is 4. The molecule has 0 aromatic heterocycles. The summed E-state index contributed by atoms with van der Waals surface area (Å²) in [6, 6.07) is 5.67. The van der Waals surface area contributed by atoms with Gasteiger partial charge in [-0.2, -0.15) is 13.2 Å². The molecule has 1 unspecified atom stereocenters. The summed E-state index contributed by atoms with van der Waals surface area (Å²) in [7, 11) is 0. The van der Waals surface area contributed by atoms with Crippen molar-refractivity contribution in [2.45, 2.75) is 12.3 Å². The lowest BCUT2D eigenvalue weighted by Gasteiger charge is -2.35. The SMILES string of the molecule is FC(F)(F)c1ccccc1N1CCOC(CBr)C1. The van der Waals surface area contributed by atoms with Gasteiger partial charge in [-0.25, -0.2) is 0 Å². The van der Waals surface area contributed by atoms with E-state index in [0.717, 1.165) is 6.07 Å². The molecule has 1 aromatic carbocycles. The highest BCUT2D eigenvalue weighted by atomic mass is 79.9. The molecule has 1 heterocycles. The minimum atomic E-state index is -4.32. The zero-order chi connectivity index (χ0) is 13.2. The average Bonchev–Trinajstić information content (AvgIpc) is 2.38. The Kier molecular flexibility index (Phi) is 4.17. The molecule has 0 spiro atoms. The number of hydrogen-bond donors (Lipinski definition) is 0. The van der Waals surface area contributed by atoms with Crippen LogP contribution >= 0.6 is 15.9 Å². The first kappa shape index (κ1) is 13.7. The highest BCUT2D eigenvalue weighted by Crippen LogP contribution is 2.36. The molecule has 1 fully saturated rings. The predicted molar refractivity (Wildman–Crippen MR) is 67.2 cm³/mol. The largest absolute Gasteiger partial charge is 0.418 e. The molecule has 1 aliphatic rings. The molecule has 0 saturated carbocycles. The van der Waals surface area contributed by atoms with Crippen LogP contribution in [0.15, 0.2) is 24.3 Å². The Bertz CT molecular complexity index is 411. The number of morpholine rings is 1. The van der Waals surface area contributed by atoms with Gasteiger partial charge in [0.05, 0.1) is 18.3 Å². The van der Waals surface area contributed by atoms with Gasteiger partial charge in [0.25, 0.3) is 0 Å². The van der Waals surface area contributed by atoms with Crippen LogP contribution in [0.25, 0.3) is 0 Å². The summed E-state index contributed by atoms with van der Waals surface area (Å²) >= 11 is 3.30. The minimum absolute atomic E-state index is 0.0694. The molecule has 18 heavy (non-hydrogen) atoms. The standard InChI is InChI=1S/C12H13BrF3NO/c13-7-9-8-17(5-6-18-9)11-4-2-1-3-10(11)12(14,15)16/h1-4,9H,5-8H2. The Morgan fingerprint density at radius 2 is 2.06 bits per heavy atom. The molecule has 2 nitrogen and oxygen atoms in total. The maximum Gasteiger partial charge on any atom is 0.418 e. The van der Waals surface area contributed by atoms with Gasteiger partial charge in [0, 0.05) is 24.1 Å². The highest BCUT2D eigenvalue weighted by Gasteiger charge is 2.35. The van der Waals surface area contributed by atoms with E-state index in [0.29, 0.717) is 25.0 Å². The van der Waals surface area contributed by atoms with Gasteiger partial charge in [-0.15, -0.1) is 0 Å². The number of hydrogen-bond acceptors (Lipinski definition) is 2. The van der Waals surface area contributed by atoms with E-state index >= 15 is 0 Å². The Labute approximate surface area is 112 Å². The first-order valence-electron chi connectivity index (χ1n) is 5.61. The van der Waals surface area contributed by atoms with Crippen LogP contribution in [-0.2, 0) is 10.9 Å². The van der Waals surface area contributed by atoms with Crippen molar-refractivity contribution in [2.75, 3.05) is 29.9 Å². The molecule has 0 N–H and O–H groups in total. The summed E-state index contributed by atoms with van der Waals surface area (Å²) in [5, 5.41) is 0.623. The van der Waals surface area contributed by atoms with Crippen LogP contribution in [0.1, 0.15) is 5.56 Å². The van der Waals surface area contributed by atoms with Crippen LogP contribution in [-0.4, -0.2) is 31.1 Å². The molecule has 1 saturated heterocycles. The number of para-hydroxylation sites is 1. The van der Waals surface area contributed by atoms with E-state index in [1.54, 1.807) is 11.0 Å². The summed E-state index contributed by atoms with van der Waals surface area (Å²) in [4.78, 5) is 1.73. The van der Waals surface area contributed by atoms with E-state index in [-0.39, 0.29) is 11.8 Å². The highest BCUT2D eigenvalue weighted by molar-refractivity contribution is 9.09. The Balaban J connectivity index is 2.27. The fraction of sp³-hybridized carbons (Fsp3) is 0.500. The van der Waals surface area contributed by atoms with Crippen molar-refractivity contribution in [2.24, 2.45) is 0 Å². The normalized spacial score (nSPS) is 21.1. The van der Waals surface area contributed by atoms with Crippen molar-refractivity contribution < 1.29 is 17.9 Å². The maximum absolute atomic E-state index is 12.9. The first-order chi connectivity index (χ1) is 8.52. The molecule has 1 aromatic rings. The number of halogens is 4. The van der Waals surface area contributed by atoms with E-state index in [9.17, 15) is 13.2 Å². The molecule has 0 radical (unpaired) electrons. The molecule has 2 rings (SSSR count). The predicted octanol–water partition coefficient (Wildman–Crippen LogP) is 3.31. The molecular weight excluding hydrogens is 311 g/mol. The molecule has 0 amide bonds. The lowest BCUT2D eigenvalue weighted by Crippen LogP contribution is -2.44. The van der Waals surface area contributed by atoms with Gasteiger partial charge >= 0.3 is 6.18 Å². The Morgan fingerprint density at radius 3 is 2.72 bits per heavy atom. The zero-order valence-electron chi connectivity index (χ0n) is 9.58. The average molecular weight is 324 g/mol. The third-order valence-electron chi connectivity index (χ3n) is 2.86. The van der Waals surface area contributed by atoms with Crippen LogP contribution < -0.4 is 4.90 Å². The number of benzene rings is 1. The molecule has 1 atom stereocenters. The first-order valence-corrected chi connectivity index (χ1v) is 6.73. The second-order valence-corrected chi connectivity index (χ2v) is 4.76. The van der Waals surface area contributed by atoms with Gasteiger partial charge in [-0.05, 0) is 12.1 Å². The van der Waals surface area contributed by atoms with Gasteiger partial charge in [0.1, 0.15) is 0 Å². The third kappa shape index (κ3) is 2.98. The van der Waals surface area contributed by atoms with Gasteiger partial charge in [-0.3, -0.25) is 0 Å². The molecule has 1 aliphatic heterocycles. The van der Waals surface area contributed by atoms with Crippen LogP contribution in [0.3, 0.4) is 0 Å². The van der Waals surface area contributed by atoms with Crippen molar-refractivity contribution in [3.05, 3.63) is 29.8 Å². The minimum Gasteiger partial charge on any atom is -0.374 e. The van der Waals surface area contributed by atoms with Gasteiger partial charge < -0.3 is 9.64 Å². The topological polar surface area (TPSA) is 12.5 Å². The van der Waals surface area contributed by atoms with E-state index in [1.807, 2.05) is 0 Å². The van der Waals surface area contributed by atoms with Crippen LogP contribution in [0.4, 0.5) is 18.9 Å².